The first-order valence-electron chi connectivity index (χ1n) is 6.92. The normalized spacial score (nSPS) is 13.1. The summed E-state index contributed by atoms with van der Waals surface area (Å²) < 4.78 is 26.7. The summed E-state index contributed by atoms with van der Waals surface area (Å²) in [5, 5.41) is 5.11. The molecule has 4 nitrogen and oxygen atoms in total. The van der Waals surface area contributed by atoms with Gasteiger partial charge in [0.25, 0.3) is 0 Å². The van der Waals surface area contributed by atoms with E-state index in [2.05, 4.69) is 12.2 Å². The number of sulfonamides is 1. The van der Waals surface area contributed by atoms with Gasteiger partial charge in [-0.3, -0.25) is 0 Å². The van der Waals surface area contributed by atoms with E-state index in [1.54, 1.807) is 13.1 Å². The maximum absolute atomic E-state index is 12.6. The number of nitrogens with zero attached hydrogens (tertiary/aromatic N) is 1. The Kier molecular flexibility index (Phi) is 6.19. The van der Waals surface area contributed by atoms with Gasteiger partial charge >= 0.3 is 0 Å². The summed E-state index contributed by atoms with van der Waals surface area (Å²) in [6.45, 7) is 10.2. The molecule has 20 heavy (non-hydrogen) atoms. The first kappa shape index (κ1) is 17.6. The Morgan fingerprint density at radius 3 is 2.55 bits per heavy atom. The molecule has 1 aromatic heterocycles. The summed E-state index contributed by atoms with van der Waals surface area (Å²) in [4.78, 5) is 1.33. The van der Waals surface area contributed by atoms with E-state index in [1.165, 1.54) is 15.6 Å². The summed E-state index contributed by atoms with van der Waals surface area (Å²) in [5.41, 5.74) is -0.0571. The molecule has 1 heterocycles. The zero-order valence-corrected chi connectivity index (χ0v) is 14.7. The van der Waals surface area contributed by atoms with Gasteiger partial charge in [-0.05, 0) is 29.8 Å². The third kappa shape index (κ3) is 4.84. The number of rotatable bonds is 7. The molecule has 0 fully saturated rings. The SMILES string of the molecule is CCCNCc1sccc1S(=O)(=O)N(C)CC(C)(C)C. The monoisotopic (exact) mass is 318 g/mol. The number of hydrogen-bond donors (Lipinski definition) is 1. The fourth-order valence-corrected chi connectivity index (χ4v) is 4.76. The van der Waals surface area contributed by atoms with Crippen LogP contribution in [0.2, 0.25) is 0 Å². The number of hydrogen-bond acceptors (Lipinski definition) is 4. The van der Waals surface area contributed by atoms with E-state index >= 15 is 0 Å². The molecule has 0 aliphatic carbocycles. The lowest BCUT2D eigenvalue weighted by atomic mass is 9.97. The van der Waals surface area contributed by atoms with Crippen molar-refractivity contribution in [2.75, 3.05) is 20.1 Å². The average molecular weight is 319 g/mol. The molecule has 1 N–H and O–H groups in total. The molecule has 1 rings (SSSR count). The highest BCUT2D eigenvalue weighted by Crippen LogP contribution is 2.26. The molecule has 0 saturated carbocycles. The van der Waals surface area contributed by atoms with Crippen molar-refractivity contribution in [2.24, 2.45) is 5.41 Å². The third-order valence-corrected chi connectivity index (χ3v) is 5.74. The van der Waals surface area contributed by atoms with Crippen LogP contribution in [0.5, 0.6) is 0 Å². The molecule has 0 amide bonds. The summed E-state index contributed by atoms with van der Waals surface area (Å²) in [6.07, 6.45) is 1.04. The van der Waals surface area contributed by atoms with Crippen LogP contribution in [-0.4, -0.2) is 32.9 Å². The molecule has 116 valence electrons. The van der Waals surface area contributed by atoms with Gasteiger partial charge in [0, 0.05) is 25.0 Å². The van der Waals surface area contributed by atoms with Crippen molar-refractivity contribution in [3.8, 4) is 0 Å². The molecule has 0 aliphatic rings. The van der Waals surface area contributed by atoms with Crippen LogP contribution in [0.1, 0.15) is 39.0 Å². The van der Waals surface area contributed by atoms with Gasteiger partial charge in [0.1, 0.15) is 0 Å². The maximum atomic E-state index is 12.6. The van der Waals surface area contributed by atoms with Crippen LogP contribution in [0.15, 0.2) is 16.3 Å². The second kappa shape index (κ2) is 7.02. The maximum Gasteiger partial charge on any atom is 0.243 e. The highest BCUT2D eigenvalue weighted by atomic mass is 32.2. The van der Waals surface area contributed by atoms with Crippen molar-refractivity contribution in [1.82, 2.24) is 9.62 Å². The molecular formula is C14H26N2O2S2. The number of thiophene rings is 1. The zero-order chi connectivity index (χ0) is 15.4. The minimum atomic E-state index is -3.39. The van der Waals surface area contributed by atoms with Crippen LogP contribution in [0, 0.1) is 5.41 Å². The van der Waals surface area contributed by atoms with Crippen molar-refractivity contribution in [3.05, 3.63) is 16.3 Å². The van der Waals surface area contributed by atoms with Crippen LogP contribution >= 0.6 is 11.3 Å². The smallest absolute Gasteiger partial charge is 0.243 e. The van der Waals surface area contributed by atoms with Gasteiger partial charge < -0.3 is 5.32 Å². The van der Waals surface area contributed by atoms with Crippen molar-refractivity contribution in [3.63, 3.8) is 0 Å². The van der Waals surface area contributed by atoms with Crippen molar-refractivity contribution < 1.29 is 8.42 Å². The lowest BCUT2D eigenvalue weighted by Crippen LogP contribution is -2.34. The second-order valence-corrected chi connectivity index (χ2v) is 9.22. The Bertz CT molecular complexity index is 516. The summed E-state index contributed by atoms with van der Waals surface area (Å²) in [6, 6.07) is 1.71. The third-order valence-electron chi connectivity index (χ3n) is 2.80. The summed E-state index contributed by atoms with van der Waals surface area (Å²) in [7, 11) is -1.74. The Morgan fingerprint density at radius 2 is 2.00 bits per heavy atom. The van der Waals surface area contributed by atoms with E-state index in [4.69, 9.17) is 0 Å². The van der Waals surface area contributed by atoms with Gasteiger partial charge in [-0.25, -0.2) is 12.7 Å². The lowest BCUT2D eigenvalue weighted by Gasteiger charge is -2.26. The average Bonchev–Trinajstić information content (AvgIpc) is 2.76. The molecule has 0 radical (unpaired) electrons. The van der Waals surface area contributed by atoms with Crippen LogP contribution in [-0.2, 0) is 16.6 Å². The van der Waals surface area contributed by atoms with Crippen molar-refractivity contribution in [1.29, 1.82) is 0 Å². The van der Waals surface area contributed by atoms with Gasteiger partial charge in [0.2, 0.25) is 10.0 Å². The standard InChI is InChI=1S/C14H26N2O2S2/c1-6-8-15-10-12-13(7-9-19-12)20(17,18)16(5)11-14(2,3)4/h7,9,15H,6,8,10-11H2,1-5H3. The predicted molar refractivity (Wildman–Crippen MR) is 85.6 cm³/mol. The zero-order valence-electron chi connectivity index (χ0n) is 13.1. The van der Waals surface area contributed by atoms with Crippen LogP contribution in [0.25, 0.3) is 0 Å². The van der Waals surface area contributed by atoms with E-state index in [1.807, 2.05) is 26.2 Å². The molecule has 1 aromatic rings. The molecule has 0 saturated heterocycles. The Balaban J connectivity index is 2.90. The van der Waals surface area contributed by atoms with Gasteiger partial charge in [-0.2, -0.15) is 0 Å². The summed E-state index contributed by atoms with van der Waals surface area (Å²) >= 11 is 1.49. The molecule has 0 aromatic carbocycles. The second-order valence-electron chi connectivity index (χ2n) is 6.21. The number of nitrogens with one attached hydrogen (secondary N) is 1. The molecule has 0 atom stereocenters. The minimum absolute atomic E-state index is 0.0571. The molecule has 0 spiro atoms. The van der Waals surface area contributed by atoms with Crippen LogP contribution in [0.3, 0.4) is 0 Å². The van der Waals surface area contributed by atoms with Gasteiger partial charge in [-0.15, -0.1) is 11.3 Å². The molecular weight excluding hydrogens is 292 g/mol. The quantitative estimate of drug-likeness (QED) is 0.786. The van der Waals surface area contributed by atoms with E-state index in [0.29, 0.717) is 18.0 Å². The Morgan fingerprint density at radius 1 is 1.35 bits per heavy atom. The predicted octanol–water partition coefficient (Wildman–Crippen LogP) is 2.91. The van der Waals surface area contributed by atoms with E-state index in [-0.39, 0.29) is 5.41 Å². The van der Waals surface area contributed by atoms with Crippen molar-refractivity contribution >= 4 is 21.4 Å². The van der Waals surface area contributed by atoms with Gasteiger partial charge in [0.05, 0.1) is 4.90 Å². The Hall–Kier alpha value is -0.430. The first-order valence-corrected chi connectivity index (χ1v) is 9.24. The minimum Gasteiger partial charge on any atom is -0.312 e. The highest BCUT2D eigenvalue weighted by molar-refractivity contribution is 7.89. The fraction of sp³-hybridized carbons (Fsp3) is 0.714. The topological polar surface area (TPSA) is 49.4 Å². The molecule has 6 heteroatoms. The molecule has 0 unspecified atom stereocenters. The van der Waals surface area contributed by atoms with E-state index < -0.39 is 10.0 Å². The first-order chi connectivity index (χ1) is 9.18. The summed E-state index contributed by atoms with van der Waals surface area (Å²) in [5.74, 6) is 0. The van der Waals surface area contributed by atoms with E-state index in [0.717, 1.165) is 17.8 Å². The lowest BCUT2D eigenvalue weighted by molar-refractivity contribution is 0.310. The Labute approximate surface area is 127 Å². The molecule has 0 bridgehead atoms. The van der Waals surface area contributed by atoms with Gasteiger partial charge in [-0.1, -0.05) is 27.7 Å². The van der Waals surface area contributed by atoms with Crippen LogP contribution < -0.4 is 5.32 Å². The highest BCUT2D eigenvalue weighted by Gasteiger charge is 2.27. The largest absolute Gasteiger partial charge is 0.312 e. The van der Waals surface area contributed by atoms with E-state index in [9.17, 15) is 8.42 Å². The van der Waals surface area contributed by atoms with Crippen LogP contribution in [0.4, 0.5) is 0 Å². The fourth-order valence-electron chi connectivity index (χ4n) is 1.99. The molecule has 0 aliphatic heterocycles. The van der Waals surface area contributed by atoms with Gasteiger partial charge in [0.15, 0.2) is 0 Å². The van der Waals surface area contributed by atoms with Crippen molar-refractivity contribution in [2.45, 2.75) is 45.6 Å².